The number of aromatic amines is 1. The van der Waals surface area contributed by atoms with Crippen LogP contribution in [0.3, 0.4) is 0 Å². The lowest BCUT2D eigenvalue weighted by atomic mass is 10.0. The van der Waals surface area contributed by atoms with Crippen LogP contribution in [0.4, 0.5) is 5.69 Å². The molecule has 15 heavy (non-hydrogen) atoms. The van der Waals surface area contributed by atoms with Gasteiger partial charge < -0.3 is 5.32 Å². The molecule has 2 aromatic rings. The Morgan fingerprint density at radius 1 is 1.33 bits per heavy atom. The molecule has 0 aliphatic carbocycles. The third kappa shape index (κ3) is 1.86. The Bertz CT molecular complexity index is 432. The Labute approximate surface area is 89.5 Å². The first-order chi connectivity index (χ1) is 7.35. The number of nitrogens with zero attached hydrogens (tertiary/aromatic N) is 1. The van der Waals surface area contributed by atoms with Gasteiger partial charge in [-0.05, 0) is 23.6 Å². The number of benzene rings is 1. The van der Waals surface area contributed by atoms with Crippen LogP contribution >= 0.6 is 0 Å². The van der Waals surface area contributed by atoms with Crippen LogP contribution in [0.15, 0.2) is 30.6 Å². The molecule has 0 atom stereocenters. The van der Waals surface area contributed by atoms with Crippen LogP contribution in [0.2, 0.25) is 0 Å². The van der Waals surface area contributed by atoms with Gasteiger partial charge in [-0.25, -0.2) is 0 Å². The normalized spacial score (nSPS) is 10.3. The largest absolute Gasteiger partial charge is 0.388 e. The molecule has 0 aliphatic rings. The molecule has 3 nitrogen and oxygen atoms in total. The van der Waals surface area contributed by atoms with Crippen molar-refractivity contribution in [1.82, 2.24) is 10.2 Å². The molecule has 2 rings (SSSR count). The lowest BCUT2D eigenvalue weighted by Gasteiger charge is -2.08. The number of H-pyrrole nitrogens is 1. The van der Waals surface area contributed by atoms with Crippen molar-refractivity contribution in [3.8, 4) is 11.1 Å². The molecule has 1 aromatic heterocycles. The molecular formula is C12H15N3. The van der Waals surface area contributed by atoms with E-state index in [1.54, 1.807) is 0 Å². The zero-order chi connectivity index (χ0) is 10.7. The minimum atomic E-state index is 1.04. The van der Waals surface area contributed by atoms with Gasteiger partial charge in [-0.2, -0.15) is 5.10 Å². The highest BCUT2D eigenvalue weighted by molar-refractivity contribution is 5.69. The van der Waals surface area contributed by atoms with Crippen LogP contribution in [0, 0.1) is 0 Å². The summed E-state index contributed by atoms with van der Waals surface area (Å²) in [7, 11) is 1.95. The van der Waals surface area contributed by atoms with Gasteiger partial charge in [-0.15, -0.1) is 0 Å². The van der Waals surface area contributed by atoms with Crippen LogP contribution in [-0.4, -0.2) is 17.2 Å². The average molecular weight is 201 g/mol. The zero-order valence-electron chi connectivity index (χ0n) is 9.04. The number of aryl methyl sites for hydroxylation is 1. The first-order valence-electron chi connectivity index (χ1n) is 5.15. The first-order valence-corrected chi connectivity index (χ1v) is 5.15. The van der Waals surface area contributed by atoms with Crippen LogP contribution in [-0.2, 0) is 6.42 Å². The van der Waals surface area contributed by atoms with Crippen molar-refractivity contribution >= 4 is 5.69 Å². The van der Waals surface area contributed by atoms with Gasteiger partial charge in [0.05, 0.1) is 6.20 Å². The van der Waals surface area contributed by atoms with Gasteiger partial charge in [0.2, 0.25) is 0 Å². The van der Waals surface area contributed by atoms with E-state index in [9.17, 15) is 0 Å². The van der Waals surface area contributed by atoms with Crippen molar-refractivity contribution in [3.63, 3.8) is 0 Å². The first kappa shape index (κ1) is 9.77. The summed E-state index contributed by atoms with van der Waals surface area (Å²) in [5.41, 5.74) is 4.83. The van der Waals surface area contributed by atoms with Gasteiger partial charge in [0.15, 0.2) is 0 Å². The smallest absolute Gasteiger partial charge is 0.0565 e. The van der Waals surface area contributed by atoms with Crippen molar-refractivity contribution in [2.24, 2.45) is 0 Å². The minimum Gasteiger partial charge on any atom is -0.388 e. The van der Waals surface area contributed by atoms with Gasteiger partial charge >= 0.3 is 0 Å². The van der Waals surface area contributed by atoms with Crippen molar-refractivity contribution in [2.75, 3.05) is 12.4 Å². The minimum absolute atomic E-state index is 1.04. The molecule has 0 aliphatic heterocycles. The summed E-state index contributed by atoms with van der Waals surface area (Å²) in [6, 6.07) is 6.45. The number of anilines is 1. The fourth-order valence-electron chi connectivity index (χ4n) is 1.71. The molecule has 0 spiro atoms. The molecule has 0 amide bonds. The second-order valence-electron chi connectivity index (χ2n) is 3.46. The number of nitrogens with one attached hydrogen (secondary N) is 2. The van der Waals surface area contributed by atoms with Gasteiger partial charge in [0, 0.05) is 24.5 Å². The highest BCUT2D eigenvalue weighted by Crippen LogP contribution is 2.24. The topological polar surface area (TPSA) is 40.7 Å². The summed E-state index contributed by atoms with van der Waals surface area (Å²) in [5.74, 6) is 0. The van der Waals surface area contributed by atoms with E-state index >= 15 is 0 Å². The molecule has 1 heterocycles. The fourth-order valence-corrected chi connectivity index (χ4v) is 1.71. The second kappa shape index (κ2) is 4.17. The SMILES string of the molecule is CCc1ccc(-c2cn[nH]c2)cc1NC. The quantitative estimate of drug-likeness (QED) is 0.801. The fraction of sp³-hybridized carbons (Fsp3) is 0.250. The van der Waals surface area contributed by atoms with Crippen LogP contribution in [0.25, 0.3) is 11.1 Å². The van der Waals surface area contributed by atoms with E-state index < -0.39 is 0 Å². The molecule has 78 valence electrons. The molecule has 0 saturated carbocycles. The predicted octanol–water partition coefficient (Wildman–Crippen LogP) is 2.68. The number of hydrogen-bond donors (Lipinski definition) is 2. The molecule has 0 unspecified atom stereocenters. The molecule has 0 fully saturated rings. The lowest BCUT2D eigenvalue weighted by Crippen LogP contribution is -1.94. The van der Waals surface area contributed by atoms with E-state index in [1.165, 1.54) is 16.8 Å². The molecule has 1 aromatic carbocycles. The highest BCUT2D eigenvalue weighted by atomic mass is 15.1. The maximum Gasteiger partial charge on any atom is 0.0565 e. The third-order valence-electron chi connectivity index (χ3n) is 2.59. The second-order valence-corrected chi connectivity index (χ2v) is 3.46. The molecule has 0 radical (unpaired) electrons. The Hall–Kier alpha value is -1.77. The summed E-state index contributed by atoms with van der Waals surface area (Å²) in [6.45, 7) is 2.16. The maximum absolute atomic E-state index is 3.95. The van der Waals surface area contributed by atoms with Crippen LogP contribution in [0.1, 0.15) is 12.5 Å². The molecule has 2 N–H and O–H groups in total. The van der Waals surface area contributed by atoms with Gasteiger partial charge in [0.1, 0.15) is 0 Å². The summed E-state index contributed by atoms with van der Waals surface area (Å²) in [4.78, 5) is 0. The van der Waals surface area contributed by atoms with Crippen LogP contribution < -0.4 is 5.32 Å². The standard InChI is InChI=1S/C12H15N3/c1-3-9-4-5-10(6-12(9)13-2)11-7-14-15-8-11/h4-8,13H,3H2,1-2H3,(H,14,15). The monoisotopic (exact) mass is 201 g/mol. The third-order valence-corrected chi connectivity index (χ3v) is 2.59. The highest BCUT2D eigenvalue weighted by Gasteiger charge is 2.03. The lowest BCUT2D eigenvalue weighted by molar-refractivity contribution is 1.09. The molecule has 0 saturated heterocycles. The molecular weight excluding hydrogens is 186 g/mol. The molecule has 0 bridgehead atoms. The van der Waals surface area contributed by atoms with Crippen molar-refractivity contribution in [1.29, 1.82) is 0 Å². The average Bonchev–Trinajstić information content (AvgIpc) is 2.81. The predicted molar refractivity (Wildman–Crippen MR) is 62.9 cm³/mol. The van der Waals surface area contributed by atoms with Crippen molar-refractivity contribution in [3.05, 3.63) is 36.2 Å². The Balaban J connectivity index is 2.43. The summed E-state index contributed by atoms with van der Waals surface area (Å²) < 4.78 is 0. The van der Waals surface area contributed by atoms with Crippen molar-refractivity contribution < 1.29 is 0 Å². The van der Waals surface area contributed by atoms with Crippen molar-refractivity contribution in [2.45, 2.75) is 13.3 Å². The van der Waals surface area contributed by atoms with E-state index in [0.717, 1.165) is 12.0 Å². The maximum atomic E-state index is 3.95. The van der Waals surface area contributed by atoms with Gasteiger partial charge in [-0.3, -0.25) is 5.10 Å². The summed E-state index contributed by atoms with van der Waals surface area (Å²) >= 11 is 0. The zero-order valence-corrected chi connectivity index (χ0v) is 9.04. The Morgan fingerprint density at radius 2 is 2.20 bits per heavy atom. The summed E-state index contributed by atoms with van der Waals surface area (Å²) in [6.07, 6.45) is 4.78. The van der Waals surface area contributed by atoms with Gasteiger partial charge in [-0.1, -0.05) is 19.1 Å². The van der Waals surface area contributed by atoms with E-state index in [4.69, 9.17) is 0 Å². The van der Waals surface area contributed by atoms with Gasteiger partial charge in [0.25, 0.3) is 0 Å². The summed E-state index contributed by atoms with van der Waals surface area (Å²) in [5, 5.41) is 9.99. The number of aromatic nitrogens is 2. The van der Waals surface area contributed by atoms with E-state index in [0.29, 0.717) is 0 Å². The van der Waals surface area contributed by atoms with E-state index in [1.807, 2.05) is 19.4 Å². The number of hydrogen-bond acceptors (Lipinski definition) is 2. The Kier molecular flexibility index (Phi) is 2.72. The van der Waals surface area contributed by atoms with Crippen LogP contribution in [0.5, 0.6) is 0 Å². The molecule has 3 heteroatoms. The van der Waals surface area contributed by atoms with E-state index in [2.05, 4.69) is 40.6 Å². The van der Waals surface area contributed by atoms with E-state index in [-0.39, 0.29) is 0 Å². The number of rotatable bonds is 3. The Morgan fingerprint density at radius 3 is 2.80 bits per heavy atom.